The fraction of sp³-hybridized carbons (Fsp3) is 0.478. The van der Waals surface area contributed by atoms with Crippen LogP contribution in [0.3, 0.4) is 0 Å². The minimum absolute atomic E-state index is 0.0906. The maximum atomic E-state index is 14.6. The minimum Gasteiger partial charge on any atom is -0.493 e. The second-order valence-electron chi connectivity index (χ2n) is 8.53. The van der Waals surface area contributed by atoms with Crippen molar-refractivity contribution in [2.24, 2.45) is 0 Å². The van der Waals surface area contributed by atoms with Gasteiger partial charge in [0.1, 0.15) is 11.6 Å². The zero-order valence-electron chi connectivity index (χ0n) is 19.8. The van der Waals surface area contributed by atoms with Gasteiger partial charge in [0.2, 0.25) is 11.7 Å². The lowest BCUT2D eigenvalue weighted by atomic mass is 9.82. The van der Waals surface area contributed by atoms with Crippen LogP contribution in [0.25, 0.3) is 0 Å². The van der Waals surface area contributed by atoms with Crippen LogP contribution in [0.15, 0.2) is 30.5 Å². The maximum Gasteiger partial charge on any atom is 0.409 e. The van der Waals surface area contributed by atoms with Crippen molar-refractivity contribution in [1.29, 1.82) is 0 Å². The van der Waals surface area contributed by atoms with Crippen molar-refractivity contribution in [2.75, 3.05) is 33.2 Å². The van der Waals surface area contributed by atoms with E-state index in [1.807, 2.05) is 0 Å². The summed E-state index contributed by atoms with van der Waals surface area (Å²) in [5.41, 5.74) is -2.67. The van der Waals surface area contributed by atoms with Crippen LogP contribution in [0.1, 0.15) is 30.2 Å². The first-order valence-electron chi connectivity index (χ1n) is 10.7. The third-order valence-electron chi connectivity index (χ3n) is 6.68. The van der Waals surface area contributed by atoms with Gasteiger partial charge in [-0.2, -0.15) is 17.6 Å². The standard InChI is InChI=1S/C23H26F5N3O5/c1-22(23(26,27)28)20(36-4)16(12-6-7-13(24)17(25)19(12)35-3)18(31(22)2)21(34)30-11-5-8-14(29-9-11)15(33)10-32/h5-9,15-16,18,20,32-33H,10H2,1-4H3,(H,30,34)/t15-,16-,18+,20-,22+/m0/s1. The number of methoxy groups -OCH3 is 2. The van der Waals surface area contributed by atoms with E-state index in [2.05, 4.69) is 10.3 Å². The summed E-state index contributed by atoms with van der Waals surface area (Å²) in [7, 11) is 3.17. The highest BCUT2D eigenvalue weighted by molar-refractivity contribution is 5.96. The number of aliphatic hydroxyl groups is 2. The number of pyridine rings is 1. The molecule has 198 valence electrons. The molecule has 3 N–H and O–H groups in total. The van der Waals surface area contributed by atoms with Gasteiger partial charge >= 0.3 is 6.18 Å². The Bertz CT molecular complexity index is 1100. The molecule has 1 saturated heterocycles. The molecular formula is C23H26F5N3O5. The molecule has 0 saturated carbocycles. The number of likely N-dealkylation sites (N-methyl/N-ethyl adjacent to an activating group) is 1. The van der Waals surface area contributed by atoms with E-state index in [0.717, 1.165) is 51.4 Å². The second-order valence-corrected chi connectivity index (χ2v) is 8.53. The third-order valence-corrected chi connectivity index (χ3v) is 6.68. The number of nitrogens with zero attached hydrogens (tertiary/aromatic N) is 2. The molecule has 1 aliphatic rings. The van der Waals surface area contributed by atoms with E-state index in [1.165, 1.54) is 12.1 Å². The van der Waals surface area contributed by atoms with E-state index in [4.69, 9.17) is 14.6 Å². The van der Waals surface area contributed by atoms with Crippen molar-refractivity contribution >= 4 is 11.6 Å². The molecule has 0 unspecified atom stereocenters. The van der Waals surface area contributed by atoms with Crippen LogP contribution < -0.4 is 10.1 Å². The molecule has 36 heavy (non-hydrogen) atoms. The summed E-state index contributed by atoms with van der Waals surface area (Å²) in [4.78, 5) is 18.1. The number of likely N-dealkylation sites (tertiary alicyclic amines) is 1. The number of carbonyl (C=O) groups excluding carboxylic acids is 1. The molecule has 5 atom stereocenters. The first-order valence-corrected chi connectivity index (χ1v) is 10.7. The van der Waals surface area contributed by atoms with Crippen LogP contribution in [0.2, 0.25) is 0 Å². The summed E-state index contributed by atoms with van der Waals surface area (Å²) >= 11 is 0. The van der Waals surface area contributed by atoms with E-state index < -0.39 is 65.8 Å². The number of nitrogens with one attached hydrogen (secondary N) is 1. The van der Waals surface area contributed by atoms with Gasteiger partial charge in [-0.3, -0.25) is 14.7 Å². The minimum atomic E-state index is -4.88. The monoisotopic (exact) mass is 519 g/mol. The SMILES string of the molecule is COc1c([C@H]2[C@H](C(=O)Nc3ccc([C@@H](O)CO)nc3)N(C)[C@@](C)(C(F)(F)F)[C@H]2OC)ccc(F)c1F. The molecule has 0 aliphatic carbocycles. The van der Waals surface area contributed by atoms with Crippen molar-refractivity contribution in [2.45, 2.75) is 42.8 Å². The number of amides is 1. The summed E-state index contributed by atoms with van der Waals surface area (Å²) in [6, 6.07) is 2.91. The Morgan fingerprint density at radius 1 is 1.25 bits per heavy atom. The predicted molar refractivity (Wildman–Crippen MR) is 117 cm³/mol. The molecule has 2 aromatic rings. The van der Waals surface area contributed by atoms with Gasteiger partial charge in [-0.05, 0) is 32.2 Å². The normalized spacial score (nSPS) is 25.6. The van der Waals surface area contributed by atoms with Crippen LogP contribution in [0.5, 0.6) is 5.75 Å². The molecule has 2 heterocycles. The van der Waals surface area contributed by atoms with E-state index in [-0.39, 0.29) is 16.9 Å². The van der Waals surface area contributed by atoms with Crippen molar-refractivity contribution in [3.63, 3.8) is 0 Å². The fourth-order valence-electron chi connectivity index (χ4n) is 4.66. The number of aromatic nitrogens is 1. The molecule has 1 aliphatic heterocycles. The Hall–Kier alpha value is -2.87. The zero-order chi connectivity index (χ0) is 27.0. The summed E-state index contributed by atoms with van der Waals surface area (Å²) in [5, 5.41) is 21.2. The number of aliphatic hydroxyl groups excluding tert-OH is 2. The average molecular weight is 519 g/mol. The Kier molecular flexibility index (Phi) is 7.89. The van der Waals surface area contributed by atoms with E-state index >= 15 is 0 Å². The highest BCUT2D eigenvalue weighted by Crippen LogP contribution is 2.53. The molecule has 1 amide bonds. The van der Waals surface area contributed by atoms with Crippen LogP contribution in [0.4, 0.5) is 27.6 Å². The van der Waals surface area contributed by atoms with Crippen molar-refractivity contribution in [1.82, 2.24) is 9.88 Å². The largest absolute Gasteiger partial charge is 0.493 e. The quantitative estimate of drug-likeness (QED) is 0.484. The van der Waals surface area contributed by atoms with Crippen LogP contribution in [0, 0.1) is 11.6 Å². The average Bonchev–Trinajstić information content (AvgIpc) is 3.07. The lowest BCUT2D eigenvalue weighted by Gasteiger charge is -2.39. The van der Waals surface area contributed by atoms with E-state index in [1.54, 1.807) is 0 Å². The van der Waals surface area contributed by atoms with Crippen molar-refractivity contribution < 1.29 is 46.4 Å². The van der Waals surface area contributed by atoms with Gasteiger partial charge in [-0.25, -0.2) is 4.39 Å². The van der Waals surface area contributed by atoms with Crippen LogP contribution in [-0.4, -0.2) is 77.7 Å². The Morgan fingerprint density at radius 2 is 1.92 bits per heavy atom. The molecule has 8 nitrogen and oxygen atoms in total. The van der Waals surface area contributed by atoms with Gasteiger partial charge in [-0.15, -0.1) is 0 Å². The summed E-state index contributed by atoms with van der Waals surface area (Å²) < 4.78 is 81.9. The molecule has 0 radical (unpaired) electrons. The number of rotatable bonds is 7. The number of halogens is 5. The topological polar surface area (TPSA) is 104 Å². The number of hydrogen-bond acceptors (Lipinski definition) is 7. The molecule has 13 heteroatoms. The first-order chi connectivity index (χ1) is 16.8. The van der Waals surface area contributed by atoms with Crippen LogP contribution in [-0.2, 0) is 9.53 Å². The highest BCUT2D eigenvalue weighted by atomic mass is 19.4. The number of anilines is 1. The third kappa shape index (κ3) is 4.51. The van der Waals surface area contributed by atoms with E-state index in [9.17, 15) is 31.9 Å². The lowest BCUT2D eigenvalue weighted by molar-refractivity contribution is -0.240. The zero-order valence-corrected chi connectivity index (χ0v) is 19.8. The number of alkyl halides is 3. The molecule has 1 fully saturated rings. The van der Waals surface area contributed by atoms with Gasteiger partial charge in [0, 0.05) is 18.6 Å². The number of hydrogen-bond donors (Lipinski definition) is 3. The number of ether oxygens (including phenoxy) is 2. The maximum absolute atomic E-state index is 14.6. The van der Waals surface area contributed by atoms with E-state index in [0.29, 0.717) is 0 Å². The van der Waals surface area contributed by atoms with Crippen molar-refractivity contribution in [3.05, 3.63) is 53.4 Å². The molecular weight excluding hydrogens is 493 g/mol. The van der Waals surface area contributed by atoms with Gasteiger partial charge in [0.05, 0.1) is 43.4 Å². The number of carbonyl (C=O) groups is 1. The Morgan fingerprint density at radius 3 is 2.42 bits per heavy atom. The molecule has 1 aromatic carbocycles. The Labute approximate surface area is 203 Å². The van der Waals surface area contributed by atoms with Gasteiger partial charge in [0.15, 0.2) is 11.6 Å². The van der Waals surface area contributed by atoms with Gasteiger partial charge in [0.25, 0.3) is 0 Å². The summed E-state index contributed by atoms with van der Waals surface area (Å²) in [6.07, 6.45) is -6.69. The van der Waals surface area contributed by atoms with Crippen LogP contribution >= 0.6 is 0 Å². The molecule has 3 rings (SSSR count). The first kappa shape index (κ1) is 27.7. The fourth-order valence-corrected chi connectivity index (χ4v) is 4.66. The smallest absolute Gasteiger partial charge is 0.409 e. The van der Waals surface area contributed by atoms with Crippen molar-refractivity contribution in [3.8, 4) is 5.75 Å². The highest BCUT2D eigenvalue weighted by Gasteiger charge is 2.69. The van der Waals surface area contributed by atoms with Gasteiger partial charge < -0.3 is 25.0 Å². The second kappa shape index (κ2) is 10.2. The predicted octanol–water partition coefficient (Wildman–Crippen LogP) is 2.77. The lowest BCUT2D eigenvalue weighted by Crippen LogP contribution is -2.59. The molecule has 1 aromatic heterocycles. The number of benzene rings is 1. The summed E-state index contributed by atoms with van der Waals surface area (Å²) in [6.45, 7) is 0.276. The molecule has 0 spiro atoms. The summed E-state index contributed by atoms with van der Waals surface area (Å²) in [5.74, 6) is -5.65. The van der Waals surface area contributed by atoms with Gasteiger partial charge in [-0.1, -0.05) is 6.07 Å². The molecule has 0 bridgehead atoms. The Balaban J connectivity index is 2.11.